The minimum absolute atomic E-state index is 0.167. The van der Waals surface area contributed by atoms with E-state index < -0.39 is 5.97 Å². The predicted octanol–water partition coefficient (Wildman–Crippen LogP) is 3.21. The zero-order valence-electron chi connectivity index (χ0n) is 15.3. The number of benzene rings is 1. The SMILES string of the molecule is CC(=O)ON=C1c2c(n(C)c3ccccc23)CCC1Cn1ccnc1C. The van der Waals surface area contributed by atoms with Gasteiger partial charge in [-0.25, -0.2) is 9.78 Å². The predicted molar refractivity (Wildman–Crippen MR) is 100.0 cm³/mol. The lowest BCUT2D eigenvalue weighted by molar-refractivity contribution is -0.140. The lowest BCUT2D eigenvalue weighted by atomic mass is 9.84. The molecule has 1 unspecified atom stereocenters. The fourth-order valence-electron chi connectivity index (χ4n) is 3.92. The Morgan fingerprint density at radius 2 is 2.19 bits per heavy atom. The summed E-state index contributed by atoms with van der Waals surface area (Å²) in [5.74, 6) is 0.739. The third-order valence-corrected chi connectivity index (χ3v) is 5.21. The molecule has 134 valence electrons. The molecule has 0 bridgehead atoms. The van der Waals surface area contributed by atoms with E-state index in [1.54, 1.807) is 0 Å². The maximum Gasteiger partial charge on any atom is 0.331 e. The number of rotatable bonds is 3. The molecule has 1 atom stereocenters. The van der Waals surface area contributed by atoms with Crippen LogP contribution in [0.4, 0.5) is 0 Å². The number of hydrogen-bond acceptors (Lipinski definition) is 4. The van der Waals surface area contributed by atoms with Gasteiger partial charge in [0.1, 0.15) is 5.82 Å². The summed E-state index contributed by atoms with van der Waals surface area (Å²) in [5.41, 5.74) is 4.38. The second kappa shape index (κ2) is 6.44. The summed E-state index contributed by atoms with van der Waals surface area (Å²) in [7, 11) is 2.09. The van der Waals surface area contributed by atoms with Gasteiger partial charge in [0.15, 0.2) is 0 Å². The first-order chi connectivity index (χ1) is 12.6. The van der Waals surface area contributed by atoms with Gasteiger partial charge in [-0.05, 0) is 25.8 Å². The molecule has 26 heavy (non-hydrogen) atoms. The molecule has 0 fully saturated rings. The van der Waals surface area contributed by atoms with Gasteiger partial charge in [0.2, 0.25) is 0 Å². The van der Waals surface area contributed by atoms with Gasteiger partial charge in [0.05, 0.1) is 5.71 Å². The van der Waals surface area contributed by atoms with E-state index >= 15 is 0 Å². The van der Waals surface area contributed by atoms with Gasteiger partial charge in [0.25, 0.3) is 0 Å². The normalized spacial score (nSPS) is 18.3. The van der Waals surface area contributed by atoms with Crippen LogP contribution in [0.3, 0.4) is 0 Å². The quantitative estimate of drug-likeness (QED) is 0.538. The average molecular weight is 350 g/mol. The first-order valence-corrected chi connectivity index (χ1v) is 8.86. The van der Waals surface area contributed by atoms with Crippen LogP contribution < -0.4 is 0 Å². The molecule has 0 saturated heterocycles. The van der Waals surface area contributed by atoms with Crippen molar-refractivity contribution in [1.82, 2.24) is 14.1 Å². The van der Waals surface area contributed by atoms with Crippen LogP contribution in [0.15, 0.2) is 41.8 Å². The third-order valence-electron chi connectivity index (χ3n) is 5.21. The van der Waals surface area contributed by atoms with Gasteiger partial charge in [0, 0.05) is 61.0 Å². The molecular formula is C20H22N4O2. The van der Waals surface area contributed by atoms with E-state index in [4.69, 9.17) is 4.84 Å². The van der Waals surface area contributed by atoms with Gasteiger partial charge in [-0.1, -0.05) is 23.4 Å². The van der Waals surface area contributed by atoms with Crippen LogP contribution in [-0.4, -0.2) is 25.8 Å². The number of para-hydroxylation sites is 1. The smallest absolute Gasteiger partial charge is 0.331 e. The molecule has 1 aliphatic rings. The zero-order valence-corrected chi connectivity index (χ0v) is 15.3. The number of imidazole rings is 1. The molecular weight excluding hydrogens is 328 g/mol. The molecule has 0 spiro atoms. The topological polar surface area (TPSA) is 61.4 Å². The van der Waals surface area contributed by atoms with E-state index in [0.29, 0.717) is 0 Å². The molecule has 0 N–H and O–H groups in total. The highest BCUT2D eigenvalue weighted by molar-refractivity contribution is 6.14. The lowest BCUT2D eigenvalue weighted by Gasteiger charge is -2.25. The highest BCUT2D eigenvalue weighted by atomic mass is 16.7. The number of hydrogen-bond donors (Lipinski definition) is 0. The molecule has 3 aromatic rings. The van der Waals surface area contributed by atoms with E-state index in [1.165, 1.54) is 18.1 Å². The largest absolute Gasteiger partial charge is 0.347 e. The van der Waals surface area contributed by atoms with Crippen molar-refractivity contribution in [3.8, 4) is 0 Å². The van der Waals surface area contributed by atoms with Crippen LogP contribution in [0.1, 0.15) is 30.4 Å². The summed E-state index contributed by atoms with van der Waals surface area (Å²) in [4.78, 5) is 20.8. The Bertz CT molecular complexity index is 1010. The number of carbonyl (C=O) groups excluding carboxylic acids is 1. The van der Waals surface area contributed by atoms with Gasteiger partial charge < -0.3 is 14.0 Å². The summed E-state index contributed by atoms with van der Waals surface area (Å²) >= 11 is 0. The average Bonchev–Trinajstić information content (AvgIpc) is 3.16. The minimum atomic E-state index is -0.401. The molecule has 4 rings (SSSR count). The maximum atomic E-state index is 11.4. The van der Waals surface area contributed by atoms with Crippen LogP contribution in [0.2, 0.25) is 0 Å². The summed E-state index contributed by atoms with van der Waals surface area (Å²) in [6.45, 7) is 4.15. The van der Waals surface area contributed by atoms with Gasteiger partial charge >= 0.3 is 5.97 Å². The fourth-order valence-corrected chi connectivity index (χ4v) is 3.92. The molecule has 1 aliphatic carbocycles. The number of oxime groups is 1. The second-order valence-corrected chi connectivity index (χ2v) is 6.82. The van der Waals surface area contributed by atoms with Crippen molar-refractivity contribution < 1.29 is 9.63 Å². The summed E-state index contributed by atoms with van der Waals surface area (Å²) < 4.78 is 4.36. The first kappa shape index (κ1) is 16.6. The van der Waals surface area contributed by atoms with Crippen molar-refractivity contribution in [1.29, 1.82) is 0 Å². The van der Waals surface area contributed by atoms with Crippen molar-refractivity contribution in [3.05, 3.63) is 53.7 Å². The van der Waals surface area contributed by atoms with E-state index in [0.717, 1.165) is 41.9 Å². The van der Waals surface area contributed by atoms with Crippen molar-refractivity contribution in [2.45, 2.75) is 33.2 Å². The number of nitrogens with zero attached hydrogens (tertiary/aromatic N) is 4. The molecule has 6 nitrogen and oxygen atoms in total. The standard InChI is InChI=1S/C20H22N4O2/c1-13-21-10-11-24(13)12-15-8-9-18-19(20(15)22-26-14(2)25)16-6-4-5-7-17(16)23(18)3/h4-7,10-11,15H,8-9,12H2,1-3H3. The summed E-state index contributed by atoms with van der Waals surface area (Å²) in [5, 5.41) is 5.45. The third kappa shape index (κ3) is 2.71. The van der Waals surface area contributed by atoms with Gasteiger partial charge in [-0.15, -0.1) is 0 Å². The van der Waals surface area contributed by atoms with Crippen molar-refractivity contribution in [3.63, 3.8) is 0 Å². The monoisotopic (exact) mass is 350 g/mol. The molecule has 0 aliphatic heterocycles. The molecule has 0 radical (unpaired) electrons. The Labute approximate surface area is 152 Å². The van der Waals surface area contributed by atoms with Crippen LogP contribution in [0, 0.1) is 12.8 Å². The fraction of sp³-hybridized carbons (Fsp3) is 0.350. The summed E-state index contributed by atoms with van der Waals surface area (Å²) in [6.07, 6.45) is 5.72. The van der Waals surface area contributed by atoms with Crippen LogP contribution in [-0.2, 0) is 29.6 Å². The highest BCUT2D eigenvalue weighted by Gasteiger charge is 2.31. The Morgan fingerprint density at radius 3 is 2.92 bits per heavy atom. The van der Waals surface area contributed by atoms with E-state index in [2.05, 4.69) is 38.5 Å². The Morgan fingerprint density at radius 1 is 1.38 bits per heavy atom. The zero-order chi connectivity index (χ0) is 18.3. The van der Waals surface area contributed by atoms with Gasteiger partial charge in [-0.2, -0.15) is 0 Å². The highest BCUT2D eigenvalue weighted by Crippen LogP contribution is 2.35. The molecule has 0 amide bonds. The van der Waals surface area contributed by atoms with Crippen molar-refractivity contribution in [2.75, 3.05) is 0 Å². The van der Waals surface area contributed by atoms with Crippen molar-refractivity contribution in [2.24, 2.45) is 18.1 Å². The molecule has 2 heterocycles. The van der Waals surface area contributed by atoms with Crippen LogP contribution >= 0.6 is 0 Å². The number of fused-ring (bicyclic) bond motifs is 3. The Hall–Kier alpha value is -2.89. The molecule has 1 aromatic carbocycles. The number of aromatic nitrogens is 3. The Balaban J connectivity index is 1.84. The lowest BCUT2D eigenvalue weighted by Crippen LogP contribution is -2.28. The maximum absolute atomic E-state index is 11.4. The van der Waals surface area contributed by atoms with E-state index in [9.17, 15) is 4.79 Å². The molecule has 6 heteroatoms. The number of carbonyl (C=O) groups is 1. The number of aryl methyl sites for hydroxylation is 2. The minimum Gasteiger partial charge on any atom is -0.347 e. The van der Waals surface area contributed by atoms with E-state index in [-0.39, 0.29) is 5.92 Å². The summed E-state index contributed by atoms with van der Waals surface area (Å²) in [6, 6.07) is 8.31. The van der Waals surface area contributed by atoms with Crippen molar-refractivity contribution >= 4 is 22.6 Å². The Kier molecular flexibility index (Phi) is 4.11. The van der Waals surface area contributed by atoms with Gasteiger partial charge in [-0.3, -0.25) is 0 Å². The van der Waals surface area contributed by atoms with E-state index in [1.807, 2.05) is 31.5 Å². The first-order valence-electron chi connectivity index (χ1n) is 8.86. The van der Waals surface area contributed by atoms with Crippen LogP contribution in [0.5, 0.6) is 0 Å². The van der Waals surface area contributed by atoms with Crippen LogP contribution in [0.25, 0.3) is 10.9 Å². The second-order valence-electron chi connectivity index (χ2n) is 6.82. The molecule has 2 aromatic heterocycles. The molecule has 0 saturated carbocycles.